The Morgan fingerprint density at radius 2 is 1.74 bits per heavy atom. The van der Waals surface area contributed by atoms with Gasteiger partial charge in [0.25, 0.3) is 0 Å². The maximum absolute atomic E-state index is 11.2. The quantitative estimate of drug-likeness (QED) is 0.689. The molecule has 0 spiro atoms. The lowest BCUT2D eigenvalue weighted by Crippen LogP contribution is -2.42. The maximum atomic E-state index is 11.2. The Bertz CT molecular complexity index is 330. The molecule has 0 saturated carbocycles. The summed E-state index contributed by atoms with van der Waals surface area (Å²) in [7, 11) is 0. The molecule has 0 unspecified atom stereocenters. The van der Waals surface area contributed by atoms with Gasteiger partial charge in [0, 0.05) is 13.1 Å². The lowest BCUT2D eigenvalue weighted by atomic mass is 10.2. The number of alkyl halides is 7. The number of halogens is 7. The molecule has 0 aromatic heterocycles. The van der Waals surface area contributed by atoms with Crippen molar-refractivity contribution >= 4 is 0 Å². The Labute approximate surface area is 106 Å². The third-order valence-electron chi connectivity index (χ3n) is 2.19. The van der Waals surface area contributed by atoms with Gasteiger partial charge in [0.1, 0.15) is 0 Å². The van der Waals surface area contributed by atoms with Gasteiger partial charge in [0.15, 0.2) is 0 Å². The summed E-state index contributed by atoms with van der Waals surface area (Å²) in [5.74, 6) is -5.90. The van der Waals surface area contributed by atoms with E-state index in [1.165, 1.54) is 5.57 Å². The zero-order valence-corrected chi connectivity index (χ0v) is 10.3. The Kier molecular flexibility index (Phi) is 6.38. The van der Waals surface area contributed by atoms with Crippen LogP contribution < -0.4 is 0 Å². The van der Waals surface area contributed by atoms with Gasteiger partial charge in [-0.25, -0.2) is 8.78 Å². The van der Waals surface area contributed by atoms with Crippen LogP contribution in [0.2, 0.25) is 0 Å². The highest BCUT2D eigenvalue weighted by molar-refractivity contribution is 5.16. The van der Waals surface area contributed by atoms with Crippen LogP contribution in [0.15, 0.2) is 23.9 Å². The average molecular weight is 293 g/mol. The number of hydrogen-bond acceptors (Lipinski definition) is 1. The smallest absolute Gasteiger partial charge is 0.374 e. The fourth-order valence-electron chi connectivity index (χ4n) is 1.10. The summed E-state index contributed by atoms with van der Waals surface area (Å²) < 4.78 is 76.6. The molecule has 0 saturated heterocycles. The first-order valence-corrected chi connectivity index (χ1v) is 5.33. The number of likely N-dealkylation sites (N-methyl/N-ethyl adjacent to an activating group) is 1. The molecule has 0 N–H and O–H groups in total. The van der Waals surface area contributed by atoms with Gasteiger partial charge in [-0.05, 0) is 26.1 Å². The number of rotatable bonds is 2. The monoisotopic (exact) mass is 293 g/mol. The largest absolute Gasteiger partial charge is 0.459 e. The van der Waals surface area contributed by atoms with Crippen LogP contribution in [0.25, 0.3) is 0 Å². The minimum Gasteiger partial charge on any atom is -0.374 e. The van der Waals surface area contributed by atoms with Crippen LogP contribution in [0.5, 0.6) is 0 Å². The summed E-state index contributed by atoms with van der Waals surface area (Å²) in [6.45, 7) is 6.55. The van der Waals surface area contributed by atoms with Crippen molar-refractivity contribution in [3.05, 3.63) is 23.9 Å². The van der Waals surface area contributed by atoms with Crippen LogP contribution in [-0.2, 0) is 0 Å². The van der Waals surface area contributed by atoms with Crippen LogP contribution in [0.1, 0.15) is 13.8 Å². The Hall–Kier alpha value is -1.21. The second-order valence-electron chi connectivity index (χ2n) is 3.84. The molecule has 0 amide bonds. The van der Waals surface area contributed by atoms with E-state index in [0.717, 1.165) is 13.1 Å². The number of allylic oxidation sites excluding steroid dienone is 2. The van der Waals surface area contributed by atoms with E-state index in [1.54, 1.807) is 0 Å². The molecule has 1 rings (SSSR count). The molecule has 0 fully saturated rings. The van der Waals surface area contributed by atoms with Crippen molar-refractivity contribution in [3.8, 4) is 0 Å². The van der Waals surface area contributed by atoms with Crippen molar-refractivity contribution in [1.29, 1.82) is 0 Å². The van der Waals surface area contributed by atoms with E-state index >= 15 is 0 Å². The van der Waals surface area contributed by atoms with Crippen molar-refractivity contribution in [2.45, 2.75) is 32.4 Å². The van der Waals surface area contributed by atoms with E-state index in [9.17, 15) is 30.7 Å². The SMILES string of the molecule is CCN1C=CC=C(C)C1.FC(F)C(F)(F)C(F)(F)F. The van der Waals surface area contributed by atoms with Gasteiger partial charge in [-0.1, -0.05) is 11.6 Å². The summed E-state index contributed by atoms with van der Waals surface area (Å²) in [6, 6.07) is 0. The first kappa shape index (κ1) is 17.8. The van der Waals surface area contributed by atoms with Crippen LogP contribution in [0, 0.1) is 0 Å². The van der Waals surface area contributed by atoms with Crippen molar-refractivity contribution in [1.82, 2.24) is 4.90 Å². The predicted octanol–water partition coefficient (Wildman–Crippen LogP) is 4.23. The van der Waals surface area contributed by atoms with Crippen LogP contribution in [-0.4, -0.2) is 36.5 Å². The zero-order chi connectivity index (χ0) is 15.3. The molecule has 1 aliphatic heterocycles. The van der Waals surface area contributed by atoms with E-state index in [1.807, 2.05) is 0 Å². The van der Waals surface area contributed by atoms with Gasteiger partial charge in [-0.3, -0.25) is 0 Å². The van der Waals surface area contributed by atoms with Crippen LogP contribution >= 0.6 is 0 Å². The minimum atomic E-state index is -6.17. The lowest BCUT2D eigenvalue weighted by molar-refractivity contribution is -0.320. The first-order valence-electron chi connectivity index (χ1n) is 5.33. The third kappa shape index (κ3) is 5.52. The first-order chi connectivity index (χ1) is 8.52. The average Bonchev–Trinajstić information content (AvgIpc) is 2.28. The van der Waals surface area contributed by atoms with Gasteiger partial charge in [0.2, 0.25) is 0 Å². The molecule has 8 heteroatoms. The molecular formula is C11H14F7N. The zero-order valence-electron chi connectivity index (χ0n) is 10.3. The molecule has 0 aromatic carbocycles. The molecule has 1 aliphatic rings. The van der Waals surface area contributed by atoms with E-state index in [4.69, 9.17) is 0 Å². The van der Waals surface area contributed by atoms with E-state index in [2.05, 4.69) is 37.1 Å². The highest BCUT2D eigenvalue weighted by Crippen LogP contribution is 2.39. The van der Waals surface area contributed by atoms with Crippen molar-refractivity contribution in [2.75, 3.05) is 13.1 Å². The van der Waals surface area contributed by atoms with Crippen molar-refractivity contribution < 1.29 is 30.7 Å². The maximum Gasteiger partial charge on any atom is 0.459 e. The molecule has 0 radical (unpaired) electrons. The second-order valence-corrected chi connectivity index (χ2v) is 3.84. The van der Waals surface area contributed by atoms with Gasteiger partial charge >= 0.3 is 18.5 Å². The van der Waals surface area contributed by atoms with E-state index in [0.29, 0.717) is 0 Å². The highest BCUT2D eigenvalue weighted by Gasteiger charge is 2.64. The second kappa shape index (κ2) is 6.81. The van der Waals surface area contributed by atoms with Crippen LogP contribution in [0.3, 0.4) is 0 Å². The summed E-state index contributed by atoms with van der Waals surface area (Å²) in [6.07, 6.45) is -4.48. The molecule has 112 valence electrons. The van der Waals surface area contributed by atoms with Gasteiger partial charge < -0.3 is 4.90 Å². The fraction of sp³-hybridized carbons (Fsp3) is 0.636. The summed E-state index contributed by atoms with van der Waals surface area (Å²) in [4.78, 5) is 2.29. The molecule has 19 heavy (non-hydrogen) atoms. The molecule has 0 aliphatic carbocycles. The predicted molar refractivity (Wildman–Crippen MR) is 57.2 cm³/mol. The summed E-state index contributed by atoms with van der Waals surface area (Å²) in [5.41, 5.74) is 1.44. The Morgan fingerprint density at radius 3 is 1.95 bits per heavy atom. The number of nitrogens with zero attached hydrogens (tertiary/aromatic N) is 1. The fourth-order valence-corrected chi connectivity index (χ4v) is 1.10. The minimum absolute atomic E-state index is 1.10. The van der Waals surface area contributed by atoms with Gasteiger partial charge in [-0.15, -0.1) is 0 Å². The normalized spacial score (nSPS) is 16.1. The summed E-state index contributed by atoms with van der Waals surface area (Å²) in [5, 5.41) is 0. The van der Waals surface area contributed by atoms with Gasteiger partial charge in [-0.2, -0.15) is 22.0 Å². The Balaban J connectivity index is 0.000000342. The standard InChI is InChI=1S/C8H13N.C3HF7/c1-3-9-6-4-5-8(2)7-9;4-1(5)2(6,7)3(8,9)10/h4-6H,3,7H2,1-2H3;1H. The third-order valence-corrected chi connectivity index (χ3v) is 2.19. The highest BCUT2D eigenvalue weighted by atomic mass is 19.4. The summed E-state index contributed by atoms with van der Waals surface area (Å²) >= 11 is 0. The topological polar surface area (TPSA) is 3.24 Å². The number of hydrogen-bond donors (Lipinski definition) is 0. The Morgan fingerprint density at radius 1 is 1.21 bits per heavy atom. The van der Waals surface area contributed by atoms with Crippen molar-refractivity contribution in [2.24, 2.45) is 0 Å². The lowest BCUT2D eigenvalue weighted by Gasteiger charge is -2.20. The molecule has 0 bridgehead atoms. The molecular weight excluding hydrogens is 279 g/mol. The van der Waals surface area contributed by atoms with Crippen LogP contribution in [0.4, 0.5) is 30.7 Å². The molecule has 0 atom stereocenters. The van der Waals surface area contributed by atoms with E-state index in [-0.39, 0.29) is 0 Å². The molecule has 0 aromatic rings. The molecule has 1 heterocycles. The van der Waals surface area contributed by atoms with Gasteiger partial charge in [0.05, 0.1) is 0 Å². The van der Waals surface area contributed by atoms with E-state index < -0.39 is 18.5 Å². The molecule has 1 nitrogen and oxygen atoms in total. The van der Waals surface area contributed by atoms with Crippen molar-refractivity contribution in [3.63, 3.8) is 0 Å².